The van der Waals surface area contributed by atoms with Crippen LogP contribution in [0, 0.1) is 18.6 Å². The number of aryl methyl sites for hydroxylation is 1. The van der Waals surface area contributed by atoms with Crippen LogP contribution in [0.5, 0.6) is 0 Å². The number of pyridine rings is 1. The predicted molar refractivity (Wildman–Crippen MR) is 105 cm³/mol. The van der Waals surface area contributed by atoms with Gasteiger partial charge < -0.3 is 5.32 Å². The van der Waals surface area contributed by atoms with E-state index in [2.05, 4.69) is 15.2 Å². The largest absolute Gasteiger partial charge is 0.347 e. The van der Waals surface area contributed by atoms with Crippen LogP contribution < -0.4 is 5.32 Å². The van der Waals surface area contributed by atoms with Gasteiger partial charge in [-0.15, -0.1) is 0 Å². The normalized spacial score (nSPS) is 16.2. The van der Waals surface area contributed by atoms with Gasteiger partial charge in [-0.3, -0.25) is 14.7 Å². The molecule has 0 spiro atoms. The molecule has 1 aliphatic heterocycles. The second-order valence-corrected chi connectivity index (χ2v) is 8.00. The van der Waals surface area contributed by atoms with Gasteiger partial charge in [-0.05, 0) is 81.6 Å². The minimum Gasteiger partial charge on any atom is -0.347 e. The van der Waals surface area contributed by atoms with Gasteiger partial charge in [0.25, 0.3) is 0 Å². The van der Waals surface area contributed by atoms with Gasteiger partial charge >= 0.3 is 0 Å². The van der Waals surface area contributed by atoms with Crippen LogP contribution in [0.3, 0.4) is 0 Å². The number of rotatable bonds is 6. The number of amides is 1. The number of likely N-dealkylation sites (tertiary alicyclic amines) is 1. The fourth-order valence-corrected chi connectivity index (χ4v) is 3.90. The molecular weight excluding hydrogens is 360 g/mol. The van der Waals surface area contributed by atoms with Crippen molar-refractivity contribution >= 4 is 5.91 Å². The zero-order chi connectivity index (χ0) is 20.3. The smallest absolute Gasteiger partial charge is 0.225 e. The van der Waals surface area contributed by atoms with E-state index in [1.54, 1.807) is 18.5 Å². The molecule has 4 nitrogen and oxygen atoms in total. The quantitative estimate of drug-likeness (QED) is 0.817. The maximum absolute atomic E-state index is 13.9. The monoisotopic (exact) mass is 387 g/mol. The summed E-state index contributed by atoms with van der Waals surface area (Å²) in [6, 6.07) is 5.26. The Kier molecular flexibility index (Phi) is 6.08. The second-order valence-electron chi connectivity index (χ2n) is 8.00. The summed E-state index contributed by atoms with van der Waals surface area (Å²) in [6.07, 6.45) is 5.76. The van der Waals surface area contributed by atoms with Gasteiger partial charge in [-0.2, -0.15) is 0 Å². The Balaban J connectivity index is 1.88. The Morgan fingerprint density at radius 1 is 1.21 bits per heavy atom. The van der Waals surface area contributed by atoms with E-state index in [0.29, 0.717) is 5.56 Å². The molecule has 2 heterocycles. The molecule has 1 saturated heterocycles. The van der Waals surface area contributed by atoms with Crippen molar-refractivity contribution < 1.29 is 13.6 Å². The maximum atomic E-state index is 13.9. The summed E-state index contributed by atoms with van der Waals surface area (Å²) in [5.74, 6) is -1.96. The second kappa shape index (κ2) is 8.35. The molecule has 0 saturated carbocycles. The van der Waals surface area contributed by atoms with Crippen LogP contribution in [0.2, 0.25) is 0 Å². The van der Waals surface area contributed by atoms with Crippen molar-refractivity contribution in [3.05, 3.63) is 65.0 Å². The summed E-state index contributed by atoms with van der Waals surface area (Å²) >= 11 is 0. The van der Waals surface area contributed by atoms with Crippen molar-refractivity contribution in [1.82, 2.24) is 15.2 Å². The molecule has 1 fully saturated rings. The Bertz CT molecular complexity index is 847. The number of carbonyl (C=O) groups excluding carboxylic acids is 1. The van der Waals surface area contributed by atoms with E-state index < -0.39 is 23.2 Å². The number of aromatic nitrogens is 1. The van der Waals surface area contributed by atoms with Crippen molar-refractivity contribution in [2.75, 3.05) is 13.1 Å². The minimum absolute atomic E-state index is 0.168. The summed E-state index contributed by atoms with van der Waals surface area (Å²) < 4.78 is 27.4. The van der Waals surface area contributed by atoms with Crippen molar-refractivity contribution in [2.24, 2.45) is 0 Å². The van der Waals surface area contributed by atoms with Crippen LogP contribution in [0.25, 0.3) is 0 Å². The van der Waals surface area contributed by atoms with E-state index in [9.17, 15) is 13.6 Å². The molecule has 3 rings (SSSR count). The van der Waals surface area contributed by atoms with Crippen molar-refractivity contribution in [3.63, 3.8) is 0 Å². The minimum atomic E-state index is -0.905. The molecule has 6 heteroatoms. The van der Waals surface area contributed by atoms with Crippen molar-refractivity contribution in [1.29, 1.82) is 0 Å². The van der Waals surface area contributed by atoms with E-state index in [1.165, 1.54) is 6.07 Å². The molecule has 2 aromatic rings. The standard InChI is InChI=1S/C22H27F2N3O/c1-15-8-9-25-14-17(15)13-20(28)26-21(16-6-7-18(23)19(24)12-16)22(2,3)27-10-4-5-11-27/h6-9,12,14,21H,4-5,10-11,13H2,1-3H3,(H,26,28). The highest BCUT2D eigenvalue weighted by atomic mass is 19.2. The first-order valence-corrected chi connectivity index (χ1v) is 9.68. The maximum Gasteiger partial charge on any atom is 0.225 e. The molecule has 1 aromatic heterocycles. The molecule has 1 unspecified atom stereocenters. The number of hydrogen-bond acceptors (Lipinski definition) is 3. The summed E-state index contributed by atoms with van der Waals surface area (Å²) in [5, 5.41) is 3.08. The Morgan fingerprint density at radius 3 is 2.57 bits per heavy atom. The number of hydrogen-bond donors (Lipinski definition) is 1. The number of nitrogens with one attached hydrogen (secondary N) is 1. The topological polar surface area (TPSA) is 45.2 Å². The molecule has 28 heavy (non-hydrogen) atoms. The van der Waals surface area contributed by atoms with E-state index >= 15 is 0 Å². The van der Waals surface area contributed by atoms with Crippen LogP contribution in [0.4, 0.5) is 8.78 Å². The van der Waals surface area contributed by atoms with Crippen LogP contribution in [0.15, 0.2) is 36.7 Å². The number of carbonyl (C=O) groups is 1. The van der Waals surface area contributed by atoms with E-state index in [4.69, 9.17) is 0 Å². The highest BCUT2D eigenvalue weighted by Gasteiger charge is 2.39. The van der Waals surface area contributed by atoms with Gasteiger partial charge in [0, 0.05) is 17.9 Å². The fourth-order valence-electron chi connectivity index (χ4n) is 3.90. The van der Waals surface area contributed by atoms with Gasteiger partial charge in [0.2, 0.25) is 5.91 Å². The molecule has 1 N–H and O–H groups in total. The molecule has 1 aromatic carbocycles. The van der Waals surface area contributed by atoms with E-state index in [1.807, 2.05) is 26.8 Å². The van der Waals surface area contributed by atoms with Gasteiger partial charge in [0.1, 0.15) is 0 Å². The third-order valence-corrected chi connectivity index (χ3v) is 5.71. The molecule has 0 aliphatic carbocycles. The third kappa shape index (κ3) is 4.38. The number of benzene rings is 1. The molecular formula is C22H27F2N3O. The zero-order valence-electron chi connectivity index (χ0n) is 16.6. The first-order chi connectivity index (χ1) is 13.3. The van der Waals surface area contributed by atoms with Gasteiger partial charge in [0.15, 0.2) is 11.6 Å². The highest BCUT2D eigenvalue weighted by Crippen LogP contribution is 2.34. The lowest BCUT2D eigenvalue weighted by atomic mass is 9.86. The van der Waals surface area contributed by atoms with E-state index in [0.717, 1.165) is 43.1 Å². The molecule has 1 amide bonds. The summed E-state index contributed by atoms with van der Waals surface area (Å²) in [7, 11) is 0. The Hall–Kier alpha value is -2.34. The summed E-state index contributed by atoms with van der Waals surface area (Å²) in [4.78, 5) is 19.2. The SMILES string of the molecule is Cc1ccncc1CC(=O)NC(c1ccc(F)c(F)c1)C(C)(C)N1CCCC1. The number of nitrogens with zero attached hydrogens (tertiary/aromatic N) is 2. The van der Waals surface area contributed by atoms with Crippen molar-refractivity contribution in [3.8, 4) is 0 Å². The van der Waals surface area contributed by atoms with Crippen molar-refractivity contribution in [2.45, 2.75) is 51.6 Å². The molecule has 1 atom stereocenters. The summed E-state index contributed by atoms with van der Waals surface area (Å²) in [5.41, 5.74) is 1.96. The zero-order valence-corrected chi connectivity index (χ0v) is 16.6. The van der Waals surface area contributed by atoms with Gasteiger partial charge in [-0.1, -0.05) is 6.07 Å². The Morgan fingerprint density at radius 2 is 1.93 bits per heavy atom. The first-order valence-electron chi connectivity index (χ1n) is 9.68. The third-order valence-electron chi connectivity index (χ3n) is 5.71. The van der Waals surface area contributed by atoms with Gasteiger partial charge in [-0.25, -0.2) is 8.78 Å². The number of halogens is 2. The lowest BCUT2D eigenvalue weighted by Gasteiger charge is -2.42. The molecule has 1 aliphatic rings. The lowest BCUT2D eigenvalue weighted by molar-refractivity contribution is -0.122. The average molecular weight is 387 g/mol. The predicted octanol–water partition coefficient (Wildman–Crippen LogP) is 3.94. The van der Waals surface area contributed by atoms with Gasteiger partial charge in [0.05, 0.1) is 12.5 Å². The van der Waals surface area contributed by atoms with Crippen LogP contribution in [-0.2, 0) is 11.2 Å². The average Bonchev–Trinajstić information content (AvgIpc) is 3.20. The summed E-state index contributed by atoms with van der Waals surface area (Å²) in [6.45, 7) is 7.86. The lowest BCUT2D eigenvalue weighted by Crippen LogP contribution is -2.53. The molecule has 0 bridgehead atoms. The Labute approximate surface area is 165 Å². The van der Waals surface area contributed by atoms with Crippen LogP contribution in [0.1, 0.15) is 49.4 Å². The highest BCUT2D eigenvalue weighted by molar-refractivity contribution is 5.79. The van der Waals surface area contributed by atoms with Crippen LogP contribution in [-0.4, -0.2) is 34.4 Å². The fraction of sp³-hybridized carbons (Fsp3) is 0.455. The van der Waals surface area contributed by atoms with E-state index in [-0.39, 0.29) is 12.3 Å². The molecule has 150 valence electrons. The molecule has 0 radical (unpaired) electrons. The first kappa shape index (κ1) is 20.4. The van der Waals surface area contributed by atoms with Crippen LogP contribution >= 0.6 is 0 Å².